The lowest BCUT2D eigenvalue weighted by atomic mass is 9.40. The molecular weight excluding hydrogens is 977 g/mol. The van der Waals surface area contributed by atoms with Crippen LogP contribution in [0.4, 0.5) is 0 Å². The van der Waals surface area contributed by atoms with Crippen molar-refractivity contribution in [1.29, 1.82) is 0 Å². The van der Waals surface area contributed by atoms with Crippen LogP contribution in [0.5, 0.6) is 0 Å². The molecule has 4 aliphatic carbocycles. The summed E-state index contributed by atoms with van der Waals surface area (Å²) in [6.45, 7) is 14.8. The van der Waals surface area contributed by atoms with E-state index < -0.39 is 151 Å². The van der Waals surface area contributed by atoms with Crippen LogP contribution in [0.25, 0.3) is 0 Å². The van der Waals surface area contributed by atoms with Crippen molar-refractivity contribution in [3.8, 4) is 0 Å². The second-order valence-corrected chi connectivity index (χ2v) is 23.8. The number of aliphatic hydroxyl groups excluding tert-OH is 8. The van der Waals surface area contributed by atoms with Gasteiger partial charge < -0.3 is 88.2 Å². The van der Waals surface area contributed by atoms with E-state index in [4.69, 9.17) is 51.6 Å². The van der Waals surface area contributed by atoms with Crippen LogP contribution < -0.4 is 0 Å². The maximum Gasteiger partial charge on any atom is 0.397 e. The molecule has 9 aliphatic rings. The van der Waals surface area contributed by atoms with Crippen LogP contribution in [-0.4, -0.2) is 210 Å². The average molecular weight is 1050 g/mol. The maximum absolute atomic E-state index is 13.7. The van der Waals surface area contributed by atoms with Crippen LogP contribution in [0.15, 0.2) is 23.8 Å². The first kappa shape index (κ1) is 54.9. The van der Waals surface area contributed by atoms with E-state index in [0.29, 0.717) is 19.3 Å². The van der Waals surface area contributed by atoms with Gasteiger partial charge in [-0.15, -0.1) is 0 Å². The van der Waals surface area contributed by atoms with Gasteiger partial charge in [0.1, 0.15) is 85.5 Å². The lowest BCUT2D eigenvalue weighted by Crippen LogP contribution is -2.66. The summed E-state index contributed by atoms with van der Waals surface area (Å²) >= 11 is 0. The van der Waals surface area contributed by atoms with Crippen molar-refractivity contribution in [2.75, 3.05) is 26.9 Å². The molecule has 5 aliphatic heterocycles. The van der Waals surface area contributed by atoms with E-state index in [2.05, 4.69) is 40.3 Å². The van der Waals surface area contributed by atoms with E-state index in [1.54, 1.807) is 0 Å². The Kier molecular flexibility index (Phi) is 15.1. The summed E-state index contributed by atoms with van der Waals surface area (Å²) in [5.41, 5.74) is 0.529. The van der Waals surface area contributed by atoms with Crippen LogP contribution >= 0.6 is 0 Å². The van der Waals surface area contributed by atoms with E-state index in [1.165, 1.54) is 19.6 Å². The number of methoxy groups -OCH3 is 1. The van der Waals surface area contributed by atoms with Crippen molar-refractivity contribution in [3.63, 3.8) is 0 Å². The summed E-state index contributed by atoms with van der Waals surface area (Å²) in [5, 5.41) is 88.3. The smallest absolute Gasteiger partial charge is 0.397 e. The first-order valence-electron chi connectivity index (χ1n) is 25.0. The minimum absolute atomic E-state index is 0.0360. The Labute approximate surface area is 418 Å². The fourth-order valence-electron chi connectivity index (χ4n) is 14.9. The standard InChI is InChI=1S/C48H74O23S/c1-19(2)29-24-15-47(7)22-9-10-27-45(4,5)28(12-13-46(27,6)21(22)11-14-48(29,47)44(57)66-24)67-43-39(31(52)26(18-63-43)71-72(58,59)60)70-41-33(54)32(53)36(20(3)64-41)68-42-35(56)38(30(51)25(16-49)65-42)69-40-34(55)37(61-8)23(50)17-62-40/h9,20-21,23-43,49-56H,1,10-18H2,2-8H3,(H,58,59,60)/t20-,21+,23-,24+,25-,26-,27+,28+,29+,30-,31+,32-,33-,34-,35-,36-,37+,38+,39-,40+,41+,42+,43+,46-,47+,48-/m1/s1. The largest absolute Gasteiger partial charge is 0.461 e. The van der Waals surface area contributed by atoms with Gasteiger partial charge in [-0.2, -0.15) is 8.42 Å². The van der Waals surface area contributed by atoms with Crippen LogP contribution in [0, 0.1) is 39.4 Å². The minimum atomic E-state index is -5.13. The predicted octanol–water partition coefficient (Wildman–Crippen LogP) is -0.872. The number of hydrogen-bond donors (Lipinski definition) is 9. The lowest BCUT2D eigenvalue weighted by Gasteiger charge is -2.64. The van der Waals surface area contributed by atoms with Gasteiger partial charge in [-0.1, -0.05) is 51.5 Å². The van der Waals surface area contributed by atoms with Crippen LogP contribution in [0.1, 0.15) is 80.1 Å². The number of carbonyl (C=O) groups is 1. The Morgan fingerprint density at radius 2 is 1.44 bits per heavy atom. The van der Waals surface area contributed by atoms with Gasteiger partial charge in [-0.3, -0.25) is 9.35 Å². The minimum Gasteiger partial charge on any atom is -0.461 e. The first-order chi connectivity index (χ1) is 33.7. The summed E-state index contributed by atoms with van der Waals surface area (Å²) < 4.78 is 97.1. The predicted molar refractivity (Wildman–Crippen MR) is 242 cm³/mol. The lowest BCUT2D eigenvalue weighted by molar-refractivity contribution is -0.386. The molecule has 26 atom stereocenters. The van der Waals surface area contributed by atoms with Crippen molar-refractivity contribution >= 4 is 16.4 Å². The molecule has 0 aromatic heterocycles. The van der Waals surface area contributed by atoms with Gasteiger partial charge in [0.15, 0.2) is 25.2 Å². The van der Waals surface area contributed by atoms with E-state index in [9.17, 15) is 58.6 Å². The first-order valence-corrected chi connectivity index (χ1v) is 26.4. The highest BCUT2D eigenvalue weighted by Gasteiger charge is 2.76. The number of aliphatic hydroxyl groups is 8. The molecule has 5 heterocycles. The van der Waals surface area contributed by atoms with Crippen molar-refractivity contribution in [1.82, 2.24) is 0 Å². The second-order valence-electron chi connectivity index (χ2n) is 22.7. The van der Waals surface area contributed by atoms with Crippen LogP contribution in [0.3, 0.4) is 0 Å². The number of hydrogen-bond acceptors (Lipinski definition) is 22. The Morgan fingerprint density at radius 3 is 2.11 bits per heavy atom. The maximum atomic E-state index is 13.7. The van der Waals surface area contributed by atoms with Crippen molar-refractivity contribution < 1.29 is 110 Å². The molecule has 2 bridgehead atoms. The number of rotatable bonds is 13. The molecule has 0 aromatic carbocycles. The number of esters is 1. The van der Waals surface area contributed by atoms with E-state index in [-0.39, 0.29) is 47.3 Å². The molecule has 23 nitrogen and oxygen atoms in total. The molecule has 3 saturated carbocycles. The highest BCUT2D eigenvalue weighted by molar-refractivity contribution is 7.80. The fraction of sp³-hybridized carbons (Fsp3) is 0.896. The number of fused-ring (bicyclic) bond motifs is 5. The average Bonchev–Trinajstić information content (AvgIpc) is 3.74. The summed E-state index contributed by atoms with van der Waals surface area (Å²) in [6.07, 6.45) is -23.1. The molecule has 8 fully saturated rings. The number of carbonyl (C=O) groups excluding carboxylic acids is 1. The molecule has 9 rings (SSSR count). The molecule has 24 heteroatoms. The topological polar surface area (TPSA) is 335 Å². The van der Waals surface area contributed by atoms with Gasteiger partial charge in [0, 0.05) is 18.4 Å². The summed E-state index contributed by atoms with van der Waals surface area (Å²) in [4.78, 5) is 13.7. The van der Waals surface area contributed by atoms with Crippen molar-refractivity contribution in [3.05, 3.63) is 23.8 Å². The quantitative estimate of drug-likeness (QED) is 0.0615. The van der Waals surface area contributed by atoms with Gasteiger partial charge in [-0.05, 0) is 75.0 Å². The summed E-state index contributed by atoms with van der Waals surface area (Å²) in [6, 6.07) is 0. The normalized spacial score (nSPS) is 52.1. The third-order valence-corrected chi connectivity index (χ3v) is 18.9. The zero-order valence-corrected chi connectivity index (χ0v) is 42.4. The highest BCUT2D eigenvalue weighted by Crippen LogP contribution is 2.76. The highest BCUT2D eigenvalue weighted by atomic mass is 32.3. The summed E-state index contributed by atoms with van der Waals surface area (Å²) in [7, 11) is -3.88. The Balaban J connectivity index is 0.904. The van der Waals surface area contributed by atoms with Gasteiger partial charge in [0.25, 0.3) is 0 Å². The molecule has 0 amide bonds. The van der Waals surface area contributed by atoms with Gasteiger partial charge in [0.2, 0.25) is 0 Å². The molecule has 0 unspecified atom stereocenters. The summed E-state index contributed by atoms with van der Waals surface area (Å²) in [5.74, 6) is 0.106. The van der Waals surface area contributed by atoms with Crippen LogP contribution in [-0.2, 0) is 66.7 Å². The van der Waals surface area contributed by atoms with E-state index in [0.717, 1.165) is 24.8 Å². The van der Waals surface area contributed by atoms with Gasteiger partial charge in [0.05, 0.1) is 37.4 Å². The Hall–Kier alpha value is -1.86. The molecule has 72 heavy (non-hydrogen) atoms. The van der Waals surface area contributed by atoms with Crippen LogP contribution in [0.2, 0.25) is 0 Å². The molecule has 9 N–H and O–H groups in total. The van der Waals surface area contributed by atoms with E-state index >= 15 is 0 Å². The molecule has 410 valence electrons. The van der Waals surface area contributed by atoms with Crippen molar-refractivity contribution in [2.45, 2.75) is 203 Å². The van der Waals surface area contributed by atoms with Gasteiger partial charge in [-0.25, -0.2) is 4.18 Å². The monoisotopic (exact) mass is 1050 g/mol. The Morgan fingerprint density at radius 1 is 0.792 bits per heavy atom. The Bertz CT molecular complexity index is 2160. The number of allylic oxidation sites excluding steroid dienone is 2. The van der Waals surface area contributed by atoms with E-state index in [1.807, 2.05) is 6.92 Å². The molecule has 5 saturated heterocycles. The molecule has 1 spiro atoms. The fourth-order valence-corrected chi connectivity index (χ4v) is 15.4. The third-order valence-electron chi connectivity index (χ3n) is 18.5. The second kappa shape index (κ2) is 19.9. The van der Waals surface area contributed by atoms with Crippen molar-refractivity contribution in [2.24, 2.45) is 39.4 Å². The van der Waals surface area contributed by atoms with Gasteiger partial charge >= 0.3 is 16.4 Å². The zero-order chi connectivity index (χ0) is 52.4. The SMILES string of the molecule is C=C(C)[C@H]1[C@@H]2C[C@@]3(C)C4=CC[C@H]5C(C)(C)[C@@H](O[C@@H]6OC[C@@H](OS(=O)(=O)O)[C@H](O)[C@H]6O[C@@H]6O[C@H](C)[C@@H](O[C@@H]7O[C@H](CO)[C@@H](O)[C@H](O[C@@H]8OC[C@@H](O)[C@H](OC)[C@H]8O)[C@H]7O)[C@H](O)[C@H]6O)CC[C@]5(C)[C@H]4CC[C@]13C(=O)O2. The zero-order valence-electron chi connectivity index (χ0n) is 41.6. The molecule has 0 radical (unpaired) electrons. The molecule has 0 aromatic rings. The molecular formula is C48H74O23S. The number of ether oxygens (including phenoxy) is 10. The third kappa shape index (κ3) is 8.87.